The maximum absolute atomic E-state index is 12.7. The molecule has 6 heteroatoms. The Balaban J connectivity index is 2.29. The van der Waals surface area contributed by atoms with Crippen molar-refractivity contribution in [3.05, 3.63) is 22.8 Å². The second kappa shape index (κ2) is 6.41. The van der Waals surface area contributed by atoms with E-state index in [9.17, 15) is 4.79 Å². The lowest BCUT2D eigenvalue weighted by atomic mass is 10.1. The van der Waals surface area contributed by atoms with Crippen LogP contribution in [0.3, 0.4) is 0 Å². The van der Waals surface area contributed by atoms with E-state index in [0.29, 0.717) is 29.7 Å². The number of anilines is 1. The molecule has 0 aliphatic carbocycles. The van der Waals surface area contributed by atoms with Crippen LogP contribution in [-0.2, 0) is 4.74 Å². The Kier molecular flexibility index (Phi) is 4.83. The number of morpholine rings is 1. The number of ether oxygens (including phenoxy) is 1. The summed E-state index contributed by atoms with van der Waals surface area (Å²) in [6.45, 7) is 5.14. The van der Waals surface area contributed by atoms with Gasteiger partial charge in [0.1, 0.15) is 11.5 Å². The average molecular weight is 298 g/mol. The van der Waals surface area contributed by atoms with Gasteiger partial charge in [-0.3, -0.25) is 4.79 Å². The van der Waals surface area contributed by atoms with E-state index in [-0.39, 0.29) is 18.1 Å². The van der Waals surface area contributed by atoms with Gasteiger partial charge in [-0.15, -0.1) is 0 Å². The van der Waals surface area contributed by atoms with Crippen LogP contribution in [0.4, 0.5) is 5.82 Å². The van der Waals surface area contributed by atoms with Gasteiger partial charge in [0.25, 0.3) is 5.91 Å². The SMILES string of the molecule is CCC1COC(C)CN1C(=O)c1nc(NC)ccc1Cl. The lowest BCUT2D eigenvalue weighted by molar-refractivity contribution is -0.0445. The first-order valence-electron chi connectivity index (χ1n) is 6.83. The van der Waals surface area contributed by atoms with Crippen LogP contribution in [0.15, 0.2) is 12.1 Å². The molecule has 2 rings (SSSR count). The van der Waals surface area contributed by atoms with Gasteiger partial charge in [-0.05, 0) is 25.5 Å². The maximum atomic E-state index is 12.7. The van der Waals surface area contributed by atoms with Gasteiger partial charge >= 0.3 is 0 Å². The minimum atomic E-state index is -0.130. The van der Waals surface area contributed by atoms with E-state index in [4.69, 9.17) is 16.3 Å². The fourth-order valence-electron chi connectivity index (χ4n) is 2.30. The maximum Gasteiger partial charge on any atom is 0.274 e. The summed E-state index contributed by atoms with van der Waals surface area (Å²) < 4.78 is 5.61. The van der Waals surface area contributed by atoms with Crippen molar-refractivity contribution in [2.45, 2.75) is 32.4 Å². The molecule has 1 aromatic rings. The third-order valence-corrected chi connectivity index (χ3v) is 3.81. The van der Waals surface area contributed by atoms with Gasteiger partial charge in [0, 0.05) is 13.6 Å². The minimum absolute atomic E-state index is 0.0352. The number of aromatic nitrogens is 1. The quantitative estimate of drug-likeness (QED) is 0.931. The van der Waals surface area contributed by atoms with Gasteiger partial charge in [0.15, 0.2) is 0 Å². The predicted octanol–water partition coefficient (Wildman–Crippen LogP) is 2.42. The van der Waals surface area contributed by atoms with Crippen molar-refractivity contribution in [3.63, 3.8) is 0 Å². The highest BCUT2D eigenvalue weighted by atomic mass is 35.5. The largest absolute Gasteiger partial charge is 0.375 e. The number of halogens is 1. The Labute approximate surface area is 124 Å². The molecule has 1 saturated heterocycles. The van der Waals surface area contributed by atoms with Crippen molar-refractivity contribution in [3.8, 4) is 0 Å². The topological polar surface area (TPSA) is 54.5 Å². The molecule has 1 aliphatic heterocycles. The van der Waals surface area contributed by atoms with Crippen molar-refractivity contribution in [2.24, 2.45) is 0 Å². The Morgan fingerprint density at radius 2 is 2.35 bits per heavy atom. The molecule has 0 saturated carbocycles. The van der Waals surface area contributed by atoms with E-state index in [1.165, 1.54) is 0 Å². The molecule has 2 atom stereocenters. The molecule has 1 aromatic heterocycles. The minimum Gasteiger partial charge on any atom is -0.375 e. The highest BCUT2D eigenvalue weighted by Gasteiger charge is 2.31. The van der Waals surface area contributed by atoms with E-state index >= 15 is 0 Å². The summed E-state index contributed by atoms with van der Waals surface area (Å²) in [6, 6.07) is 3.52. The number of rotatable bonds is 3. The number of nitrogens with zero attached hydrogens (tertiary/aromatic N) is 2. The predicted molar refractivity (Wildman–Crippen MR) is 79.3 cm³/mol. The van der Waals surface area contributed by atoms with Crippen LogP contribution in [-0.4, -0.2) is 48.1 Å². The molecule has 1 fully saturated rings. The third-order valence-electron chi connectivity index (χ3n) is 3.50. The third kappa shape index (κ3) is 3.04. The molecule has 5 nitrogen and oxygen atoms in total. The Morgan fingerprint density at radius 1 is 1.60 bits per heavy atom. The normalized spacial score (nSPS) is 22.7. The molecule has 1 amide bonds. The molecule has 0 radical (unpaired) electrons. The highest BCUT2D eigenvalue weighted by molar-refractivity contribution is 6.33. The van der Waals surface area contributed by atoms with Crippen molar-refractivity contribution in [1.29, 1.82) is 0 Å². The first-order valence-corrected chi connectivity index (χ1v) is 7.21. The van der Waals surface area contributed by atoms with E-state index < -0.39 is 0 Å². The monoisotopic (exact) mass is 297 g/mol. The molecule has 0 aromatic carbocycles. The number of carbonyl (C=O) groups excluding carboxylic acids is 1. The summed E-state index contributed by atoms with van der Waals surface area (Å²) in [5.41, 5.74) is 0.297. The number of pyridine rings is 1. The molecule has 1 N–H and O–H groups in total. The average Bonchev–Trinajstić information content (AvgIpc) is 2.47. The number of carbonyl (C=O) groups is 1. The Hall–Kier alpha value is -1.33. The van der Waals surface area contributed by atoms with E-state index in [1.807, 2.05) is 18.7 Å². The standard InChI is InChI=1S/C14H20ClN3O2/c1-4-10-8-20-9(2)7-18(10)14(19)13-11(15)5-6-12(16-3)17-13/h5-6,9-10H,4,7-8H2,1-3H3,(H,16,17). The summed E-state index contributed by atoms with van der Waals surface area (Å²) in [5, 5.41) is 3.30. The highest BCUT2D eigenvalue weighted by Crippen LogP contribution is 2.22. The zero-order valence-corrected chi connectivity index (χ0v) is 12.8. The second-order valence-electron chi connectivity index (χ2n) is 4.94. The van der Waals surface area contributed by atoms with Crippen LogP contribution in [0.5, 0.6) is 0 Å². The van der Waals surface area contributed by atoms with E-state index in [0.717, 1.165) is 6.42 Å². The number of hydrogen-bond acceptors (Lipinski definition) is 4. The first kappa shape index (κ1) is 15.1. The second-order valence-corrected chi connectivity index (χ2v) is 5.35. The Morgan fingerprint density at radius 3 is 3.00 bits per heavy atom. The lowest BCUT2D eigenvalue weighted by Crippen LogP contribution is -2.51. The zero-order chi connectivity index (χ0) is 14.7. The van der Waals surface area contributed by atoms with Crippen LogP contribution in [0.25, 0.3) is 0 Å². The van der Waals surface area contributed by atoms with Gasteiger partial charge in [-0.25, -0.2) is 4.98 Å². The molecule has 0 bridgehead atoms. The summed E-state index contributed by atoms with van der Waals surface area (Å²) in [4.78, 5) is 18.8. The van der Waals surface area contributed by atoms with Crippen molar-refractivity contribution < 1.29 is 9.53 Å². The summed E-state index contributed by atoms with van der Waals surface area (Å²) in [7, 11) is 1.76. The molecule has 0 spiro atoms. The zero-order valence-electron chi connectivity index (χ0n) is 12.0. The van der Waals surface area contributed by atoms with Crippen molar-refractivity contribution in [2.75, 3.05) is 25.5 Å². The van der Waals surface area contributed by atoms with Crippen LogP contribution >= 0.6 is 11.6 Å². The van der Waals surface area contributed by atoms with Gasteiger partial charge in [-0.2, -0.15) is 0 Å². The molecular weight excluding hydrogens is 278 g/mol. The molecule has 110 valence electrons. The van der Waals surface area contributed by atoms with Crippen LogP contribution < -0.4 is 5.32 Å². The van der Waals surface area contributed by atoms with Crippen molar-refractivity contribution >= 4 is 23.3 Å². The van der Waals surface area contributed by atoms with Crippen LogP contribution in [0, 0.1) is 0 Å². The fraction of sp³-hybridized carbons (Fsp3) is 0.571. The van der Waals surface area contributed by atoms with Crippen LogP contribution in [0.2, 0.25) is 5.02 Å². The van der Waals surface area contributed by atoms with Gasteiger partial charge in [0.2, 0.25) is 0 Å². The molecule has 2 unspecified atom stereocenters. The Bertz CT molecular complexity index is 495. The molecule has 1 aliphatic rings. The molecule has 2 heterocycles. The smallest absolute Gasteiger partial charge is 0.274 e. The number of hydrogen-bond donors (Lipinski definition) is 1. The molecular formula is C14H20ClN3O2. The van der Waals surface area contributed by atoms with Crippen LogP contribution in [0.1, 0.15) is 30.8 Å². The van der Waals surface area contributed by atoms with Gasteiger partial charge in [0.05, 0.1) is 23.8 Å². The van der Waals surface area contributed by atoms with E-state index in [1.54, 1.807) is 19.2 Å². The summed E-state index contributed by atoms with van der Waals surface area (Å²) in [6.07, 6.45) is 0.884. The first-order chi connectivity index (χ1) is 9.56. The summed E-state index contributed by atoms with van der Waals surface area (Å²) in [5.74, 6) is 0.501. The molecule has 20 heavy (non-hydrogen) atoms. The van der Waals surface area contributed by atoms with Gasteiger partial charge in [-0.1, -0.05) is 18.5 Å². The van der Waals surface area contributed by atoms with Gasteiger partial charge < -0.3 is 15.0 Å². The number of amides is 1. The number of nitrogens with one attached hydrogen (secondary N) is 1. The van der Waals surface area contributed by atoms with Crippen molar-refractivity contribution in [1.82, 2.24) is 9.88 Å². The van der Waals surface area contributed by atoms with E-state index in [2.05, 4.69) is 10.3 Å². The lowest BCUT2D eigenvalue weighted by Gasteiger charge is -2.38. The summed E-state index contributed by atoms with van der Waals surface area (Å²) >= 11 is 6.13. The fourth-order valence-corrected chi connectivity index (χ4v) is 2.48.